The van der Waals surface area contributed by atoms with Crippen LogP contribution in [0.5, 0.6) is 0 Å². The molecule has 5 aromatic carbocycles. The molecule has 5 aromatic rings. The lowest BCUT2D eigenvalue weighted by Crippen LogP contribution is -2.39. The molecule has 56 heavy (non-hydrogen) atoms. The minimum Gasteiger partial charge on any atom is -0.271 e. The summed E-state index contributed by atoms with van der Waals surface area (Å²) < 4.78 is 55.7. The topological polar surface area (TPSA) is 244 Å². The fourth-order valence-electron chi connectivity index (χ4n) is 4.95. The summed E-state index contributed by atoms with van der Waals surface area (Å²) in [6, 6.07) is 30.8. The molecule has 0 aliphatic heterocycles. The number of anilines is 2. The minimum absolute atomic E-state index is 0.144. The van der Waals surface area contributed by atoms with Crippen molar-refractivity contribution < 1.29 is 36.3 Å². The number of non-ortho nitro benzene ring substituents is 2. The predicted octanol–water partition coefficient (Wildman–Crippen LogP) is 4.19. The van der Waals surface area contributed by atoms with Gasteiger partial charge in [0.15, 0.2) is 0 Å². The number of rotatable bonds is 16. The summed E-state index contributed by atoms with van der Waals surface area (Å²) in [6.45, 7) is -1.39. The van der Waals surface area contributed by atoms with Gasteiger partial charge in [-0.3, -0.25) is 38.4 Å². The number of para-hydroxylation sites is 2. The molecule has 0 aliphatic carbocycles. The Hall–Kier alpha value is -7.32. The molecule has 0 atom stereocenters. The van der Waals surface area contributed by atoms with Gasteiger partial charge in [0.05, 0.1) is 43.4 Å². The monoisotopic (exact) mass is 798 g/mol. The van der Waals surface area contributed by atoms with Gasteiger partial charge in [-0.25, -0.2) is 27.7 Å². The molecule has 0 saturated carbocycles. The number of hydrazone groups is 2. The van der Waals surface area contributed by atoms with E-state index in [0.717, 1.165) is 32.9 Å². The first kappa shape index (κ1) is 39.9. The van der Waals surface area contributed by atoms with Crippen molar-refractivity contribution in [3.05, 3.63) is 165 Å². The Morgan fingerprint density at radius 2 is 0.911 bits per heavy atom. The smallest absolute Gasteiger partial charge is 0.270 e. The minimum atomic E-state index is -4.41. The third kappa shape index (κ3) is 10.0. The third-order valence-corrected chi connectivity index (χ3v) is 11.2. The molecule has 0 fully saturated rings. The summed E-state index contributed by atoms with van der Waals surface area (Å²) in [4.78, 5) is 46.0. The number of carbonyl (C=O) groups is 2. The fraction of sp³-hybridized carbons (Fsp3) is 0.0556. The number of nitro benzene ring substituents is 2. The Labute approximate surface area is 319 Å². The van der Waals surface area contributed by atoms with Crippen LogP contribution in [0.15, 0.2) is 153 Å². The van der Waals surface area contributed by atoms with E-state index in [0.29, 0.717) is 11.1 Å². The van der Waals surface area contributed by atoms with Crippen molar-refractivity contribution in [3.63, 3.8) is 0 Å². The second-order valence-electron chi connectivity index (χ2n) is 11.5. The molecular weight excluding hydrogens is 769 g/mol. The molecule has 2 amide bonds. The highest BCUT2D eigenvalue weighted by atomic mass is 32.2. The van der Waals surface area contributed by atoms with Gasteiger partial charge in [0.25, 0.3) is 43.2 Å². The molecule has 0 aliphatic rings. The highest BCUT2D eigenvalue weighted by molar-refractivity contribution is 7.93. The Balaban J connectivity index is 1.20. The Morgan fingerprint density at radius 3 is 1.25 bits per heavy atom. The maximum Gasteiger partial charge on any atom is 0.270 e. The van der Waals surface area contributed by atoms with E-state index in [-0.39, 0.29) is 21.2 Å². The molecule has 0 unspecified atom stereocenters. The van der Waals surface area contributed by atoms with Crippen molar-refractivity contribution in [3.8, 4) is 0 Å². The lowest BCUT2D eigenvalue weighted by atomic mass is 10.2. The van der Waals surface area contributed by atoms with E-state index >= 15 is 0 Å². The van der Waals surface area contributed by atoms with Crippen LogP contribution in [0.2, 0.25) is 0 Å². The van der Waals surface area contributed by atoms with Gasteiger partial charge in [0.2, 0.25) is 0 Å². The van der Waals surface area contributed by atoms with E-state index in [1.54, 1.807) is 60.7 Å². The van der Waals surface area contributed by atoms with Crippen LogP contribution in [0.25, 0.3) is 0 Å². The molecule has 5 rings (SSSR count). The van der Waals surface area contributed by atoms with Gasteiger partial charge in [0, 0.05) is 24.3 Å². The van der Waals surface area contributed by atoms with Crippen LogP contribution in [0.1, 0.15) is 11.1 Å². The summed E-state index contributed by atoms with van der Waals surface area (Å²) in [6.07, 6.45) is 2.59. The lowest BCUT2D eigenvalue weighted by Gasteiger charge is -2.23. The Morgan fingerprint density at radius 1 is 0.554 bits per heavy atom. The first-order valence-electron chi connectivity index (χ1n) is 16.1. The first-order chi connectivity index (χ1) is 26.8. The van der Waals surface area contributed by atoms with Crippen molar-refractivity contribution in [1.29, 1.82) is 0 Å². The van der Waals surface area contributed by atoms with Gasteiger partial charge in [-0.05, 0) is 47.5 Å². The van der Waals surface area contributed by atoms with Crippen LogP contribution in [0, 0.1) is 20.2 Å². The average Bonchev–Trinajstić information content (AvgIpc) is 3.20. The van der Waals surface area contributed by atoms with E-state index in [1.807, 2.05) is 0 Å². The molecule has 20 heteroatoms. The van der Waals surface area contributed by atoms with Crippen molar-refractivity contribution in [2.45, 2.75) is 9.79 Å². The quantitative estimate of drug-likeness (QED) is 0.0819. The molecule has 286 valence electrons. The maximum atomic E-state index is 13.5. The zero-order valence-electron chi connectivity index (χ0n) is 28.9. The van der Waals surface area contributed by atoms with Crippen LogP contribution in [0.4, 0.5) is 22.7 Å². The summed E-state index contributed by atoms with van der Waals surface area (Å²) in [5.74, 6) is -1.61. The molecular formula is C36H30N8O10S2. The van der Waals surface area contributed by atoms with E-state index in [1.165, 1.54) is 61.0 Å². The van der Waals surface area contributed by atoms with Crippen LogP contribution in [-0.2, 0) is 29.6 Å². The highest BCUT2D eigenvalue weighted by Crippen LogP contribution is 2.27. The second kappa shape index (κ2) is 17.7. The van der Waals surface area contributed by atoms with E-state index in [9.17, 15) is 46.7 Å². The van der Waals surface area contributed by atoms with Gasteiger partial charge < -0.3 is 0 Å². The van der Waals surface area contributed by atoms with E-state index in [4.69, 9.17) is 0 Å². The number of hydrogen-bond acceptors (Lipinski definition) is 12. The SMILES string of the molecule is O=C(CN(c1ccccc1)S(=O)(=O)c1cccc([N+](=O)[O-])c1)N/N=C\c1ccc(/C=N\NC(=O)CN(c2ccccc2)S(=O)(=O)c2cccc([N+](=O)[O-])c2)cc1. The van der Waals surface area contributed by atoms with Crippen molar-refractivity contribution in [2.24, 2.45) is 10.2 Å². The maximum absolute atomic E-state index is 13.5. The zero-order chi connectivity index (χ0) is 40.3. The summed E-state index contributed by atoms with van der Waals surface area (Å²) >= 11 is 0. The van der Waals surface area contributed by atoms with Gasteiger partial charge in [-0.15, -0.1) is 0 Å². The molecule has 0 bridgehead atoms. The van der Waals surface area contributed by atoms with Crippen molar-refractivity contribution >= 4 is 67.0 Å². The number of carbonyl (C=O) groups excluding carboxylic acids is 2. The van der Waals surface area contributed by atoms with E-state index < -0.39 is 66.2 Å². The van der Waals surface area contributed by atoms with Gasteiger partial charge in [-0.2, -0.15) is 10.2 Å². The number of sulfonamides is 2. The summed E-state index contributed by atoms with van der Waals surface area (Å²) in [7, 11) is -8.83. The van der Waals surface area contributed by atoms with Crippen molar-refractivity contribution in [2.75, 3.05) is 21.7 Å². The molecule has 2 N–H and O–H groups in total. The second-order valence-corrected chi connectivity index (χ2v) is 15.2. The first-order valence-corrected chi connectivity index (χ1v) is 19.0. The fourth-order valence-corrected chi connectivity index (χ4v) is 7.87. The molecule has 0 spiro atoms. The Kier molecular flexibility index (Phi) is 12.6. The highest BCUT2D eigenvalue weighted by Gasteiger charge is 2.30. The van der Waals surface area contributed by atoms with Gasteiger partial charge in [0.1, 0.15) is 13.1 Å². The Bertz CT molecular complexity index is 2340. The third-order valence-electron chi connectivity index (χ3n) is 7.64. The zero-order valence-corrected chi connectivity index (χ0v) is 30.5. The van der Waals surface area contributed by atoms with E-state index in [2.05, 4.69) is 21.1 Å². The molecule has 18 nitrogen and oxygen atoms in total. The number of amides is 2. The van der Waals surface area contributed by atoms with Gasteiger partial charge >= 0.3 is 0 Å². The van der Waals surface area contributed by atoms with Crippen LogP contribution in [0.3, 0.4) is 0 Å². The normalized spacial score (nSPS) is 11.6. The lowest BCUT2D eigenvalue weighted by molar-refractivity contribution is -0.385. The molecule has 0 aromatic heterocycles. The van der Waals surface area contributed by atoms with Crippen LogP contribution >= 0.6 is 0 Å². The summed E-state index contributed by atoms with van der Waals surface area (Å²) in [5, 5.41) is 30.3. The number of nitrogens with zero attached hydrogens (tertiary/aromatic N) is 6. The van der Waals surface area contributed by atoms with Crippen molar-refractivity contribution in [1.82, 2.24) is 10.9 Å². The summed E-state index contributed by atoms with van der Waals surface area (Å²) in [5.41, 5.74) is 4.98. The number of hydrogen-bond donors (Lipinski definition) is 2. The molecule has 0 saturated heterocycles. The van der Waals surface area contributed by atoms with Crippen LogP contribution < -0.4 is 19.5 Å². The standard InChI is InChI=1S/C36H30N8O10S2/c45-35(25-41(29-9-3-1-4-10-29)55(51,52)33-15-7-13-31(21-33)43(47)48)39-37-23-27-17-19-28(20-18-27)24-38-40-36(46)26-42(30-11-5-2-6-12-30)56(53,54)34-16-8-14-32(22-34)44(49)50/h1-24H,25-26H2,(H,39,45)(H,40,46)/b37-23-,38-24-. The number of nitro groups is 2. The number of benzene rings is 5. The average molecular weight is 799 g/mol. The number of nitrogens with one attached hydrogen (secondary N) is 2. The molecule has 0 radical (unpaired) electrons. The largest absolute Gasteiger partial charge is 0.271 e. The van der Waals surface area contributed by atoms with Crippen LogP contribution in [-0.4, -0.2) is 64.0 Å². The van der Waals surface area contributed by atoms with Gasteiger partial charge in [-0.1, -0.05) is 72.8 Å². The predicted molar refractivity (Wildman–Crippen MR) is 206 cm³/mol. The molecule has 0 heterocycles.